The first-order valence-electron chi connectivity index (χ1n) is 11.5. The Bertz CT molecular complexity index is 994. The molecule has 10 heteroatoms. The Morgan fingerprint density at radius 3 is 1.44 bits per heavy atom. The second-order valence-electron chi connectivity index (χ2n) is 8.05. The smallest absolute Gasteiger partial charge is 0.178 e. The number of thiophene rings is 2. The summed E-state index contributed by atoms with van der Waals surface area (Å²) >= 11 is 3.45. The zero-order valence-corrected chi connectivity index (χ0v) is 23.2. The van der Waals surface area contributed by atoms with Crippen LogP contribution in [0, 0.1) is 0 Å². The molecule has 2 saturated heterocycles. The molecule has 0 N–H and O–H groups in total. The average molecular weight is 541 g/mol. The standard InChI is InChI=1S/C24H30O6P2S2/c1-5-25-31(27-17(3)28-31)15-19-13-22(24-10-8-12-34-24)20(14-21(19)23-9-7-11-33-23)16-32(26-6-2)29-18(4)30-32/h7-14,17-18H,5-6,15-16H2,1-4H3/q+2. The normalized spacial score (nSPS) is 28.5. The van der Waals surface area contributed by atoms with Crippen molar-refractivity contribution in [3.8, 4) is 20.9 Å². The minimum Gasteiger partial charge on any atom is -0.178 e. The second-order valence-corrected chi connectivity index (χ2v) is 14.4. The van der Waals surface area contributed by atoms with E-state index in [0.29, 0.717) is 25.5 Å². The van der Waals surface area contributed by atoms with Crippen molar-refractivity contribution in [1.82, 2.24) is 0 Å². The van der Waals surface area contributed by atoms with E-state index in [1.807, 2.05) is 27.7 Å². The Morgan fingerprint density at radius 2 is 1.15 bits per heavy atom. The summed E-state index contributed by atoms with van der Waals surface area (Å²) in [5, 5.41) is 4.21. The molecule has 2 aromatic heterocycles. The van der Waals surface area contributed by atoms with Crippen LogP contribution in [0.15, 0.2) is 47.2 Å². The molecule has 0 amide bonds. The van der Waals surface area contributed by atoms with Crippen LogP contribution in [0.4, 0.5) is 0 Å². The second kappa shape index (κ2) is 10.3. The van der Waals surface area contributed by atoms with Crippen LogP contribution in [0.1, 0.15) is 38.8 Å². The van der Waals surface area contributed by atoms with E-state index in [-0.39, 0.29) is 12.6 Å². The van der Waals surface area contributed by atoms with Crippen LogP contribution in [0.25, 0.3) is 20.9 Å². The van der Waals surface area contributed by atoms with E-state index in [4.69, 9.17) is 27.1 Å². The van der Waals surface area contributed by atoms with Gasteiger partial charge in [-0.25, -0.2) is 0 Å². The van der Waals surface area contributed by atoms with Crippen LogP contribution in [0.2, 0.25) is 0 Å². The van der Waals surface area contributed by atoms with Gasteiger partial charge in [0.05, 0.1) is 13.2 Å². The number of hydrogen-bond donors (Lipinski definition) is 0. The molecule has 2 aliphatic heterocycles. The molecule has 6 nitrogen and oxygen atoms in total. The molecule has 2 aliphatic rings. The monoisotopic (exact) mass is 540 g/mol. The molecule has 1 aromatic carbocycles. The molecule has 0 aliphatic carbocycles. The zero-order chi connectivity index (χ0) is 23.8. The summed E-state index contributed by atoms with van der Waals surface area (Å²) in [5.41, 5.74) is 4.66. The molecular formula is C24H30O6P2S2+2. The van der Waals surface area contributed by atoms with Gasteiger partial charge >= 0.3 is 15.9 Å². The van der Waals surface area contributed by atoms with E-state index in [2.05, 4.69) is 47.2 Å². The average Bonchev–Trinajstić information content (AvgIpc) is 3.47. The topological polar surface area (TPSA) is 55.4 Å². The fourth-order valence-electron chi connectivity index (χ4n) is 4.37. The van der Waals surface area contributed by atoms with Crippen LogP contribution >= 0.6 is 38.6 Å². The SMILES string of the molecule is CCO[P+]1(Cc2cc(-c3cccs3)c(C[P+]3(OCC)OC(C)O3)cc2-c2cccs2)OC(C)O1. The molecule has 182 valence electrons. The predicted octanol–water partition coefficient (Wildman–Crippen LogP) is 8.53. The van der Waals surface area contributed by atoms with Gasteiger partial charge in [0, 0.05) is 20.9 Å². The lowest BCUT2D eigenvalue weighted by atomic mass is 9.98. The van der Waals surface area contributed by atoms with Crippen molar-refractivity contribution >= 4 is 38.6 Å². The lowest BCUT2D eigenvalue weighted by Crippen LogP contribution is -2.30. The van der Waals surface area contributed by atoms with E-state index in [1.54, 1.807) is 22.7 Å². The lowest BCUT2D eigenvalue weighted by molar-refractivity contribution is -0.105. The molecule has 0 spiro atoms. The maximum Gasteiger partial charge on any atom is 0.421 e. The third kappa shape index (κ3) is 5.05. The van der Waals surface area contributed by atoms with Gasteiger partial charge in [-0.15, -0.1) is 40.8 Å². The van der Waals surface area contributed by atoms with E-state index < -0.39 is 15.9 Å². The number of hydrogen-bond acceptors (Lipinski definition) is 8. The maximum atomic E-state index is 6.07. The molecule has 2 fully saturated rings. The quantitative estimate of drug-likeness (QED) is 0.240. The van der Waals surface area contributed by atoms with E-state index in [1.165, 1.54) is 20.9 Å². The Hall–Kier alpha value is -0.760. The zero-order valence-electron chi connectivity index (χ0n) is 19.8. The minimum atomic E-state index is -2.40. The van der Waals surface area contributed by atoms with Crippen LogP contribution in [-0.2, 0) is 39.5 Å². The molecule has 3 aromatic rings. The van der Waals surface area contributed by atoms with Crippen molar-refractivity contribution in [2.45, 2.75) is 52.6 Å². The Labute approximate surface area is 210 Å². The summed E-state index contributed by atoms with van der Waals surface area (Å²) in [6, 6.07) is 13.0. The first-order chi connectivity index (χ1) is 16.4. The fourth-order valence-corrected chi connectivity index (χ4v) is 10.6. The first kappa shape index (κ1) is 24.9. The molecule has 0 atom stereocenters. The highest BCUT2D eigenvalue weighted by atomic mass is 32.1. The Kier molecular flexibility index (Phi) is 7.56. The number of benzene rings is 1. The van der Waals surface area contributed by atoms with Gasteiger partial charge in [0.15, 0.2) is 12.3 Å². The van der Waals surface area contributed by atoms with Crippen LogP contribution in [-0.4, -0.2) is 25.8 Å². The molecule has 34 heavy (non-hydrogen) atoms. The van der Waals surface area contributed by atoms with Crippen molar-refractivity contribution in [1.29, 1.82) is 0 Å². The van der Waals surface area contributed by atoms with E-state index >= 15 is 0 Å². The van der Waals surface area contributed by atoms with Gasteiger partial charge in [0.2, 0.25) is 0 Å². The highest BCUT2D eigenvalue weighted by Gasteiger charge is 2.60. The molecule has 0 unspecified atom stereocenters. The summed E-state index contributed by atoms with van der Waals surface area (Å²) in [5.74, 6) is 0. The summed E-state index contributed by atoms with van der Waals surface area (Å²) in [6.45, 7) is 8.89. The van der Waals surface area contributed by atoms with Gasteiger partial charge in [-0.1, -0.05) is 12.1 Å². The highest BCUT2D eigenvalue weighted by Crippen LogP contribution is 2.75. The van der Waals surface area contributed by atoms with Crippen molar-refractivity contribution in [2.75, 3.05) is 13.2 Å². The summed E-state index contributed by atoms with van der Waals surface area (Å²) < 4.78 is 36.4. The Morgan fingerprint density at radius 1 is 0.735 bits per heavy atom. The summed E-state index contributed by atoms with van der Waals surface area (Å²) in [7, 11) is -4.80. The van der Waals surface area contributed by atoms with Gasteiger partial charge in [-0.2, -0.15) is 9.05 Å². The van der Waals surface area contributed by atoms with Crippen LogP contribution in [0.3, 0.4) is 0 Å². The van der Waals surface area contributed by atoms with Crippen LogP contribution in [0.5, 0.6) is 0 Å². The minimum absolute atomic E-state index is 0.230. The summed E-state index contributed by atoms with van der Waals surface area (Å²) in [6.07, 6.45) is 0.749. The molecule has 0 saturated carbocycles. The van der Waals surface area contributed by atoms with Gasteiger partial charge in [-0.3, -0.25) is 0 Å². The van der Waals surface area contributed by atoms with E-state index in [9.17, 15) is 0 Å². The van der Waals surface area contributed by atoms with Crippen molar-refractivity contribution in [3.63, 3.8) is 0 Å². The molecule has 0 radical (unpaired) electrons. The van der Waals surface area contributed by atoms with Gasteiger partial charge in [0.1, 0.15) is 0 Å². The molecular weight excluding hydrogens is 510 g/mol. The lowest BCUT2D eigenvalue weighted by Gasteiger charge is -2.34. The van der Waals surface area contributed by atoms with E-state index in [0.717, 1.165) is 11.1 Å². The largest absolute Gasteiger partial charge is 0.421 e. The molecule has 0 bridgehead atoms. The third-order valence-electron chi connectivity index (χ3n) is 5.52. The summed E-state index contributed by atoms with van der Waals surface area (Å²) in [4.78, 5) is 2.40. The van der Waals surface area contributed by atoms with Crippen LogP contribution < -0.4 is 0 Å². The Balaban J connectivity index is 1.60. The maximum absolute atomic E-state index is 6.07. The molecule has 4 heterocycles. The highest BCUT2D eigenvalue weighted by molar-refractivity contribution is 7.62. The van der Waals surface area contributed by atoms with Gasteiger partial charge in [0.25, 0.3) is 12.6 Å². The van der Waals surface area contributed by atoms with Crippen molar-refractivity contribution in [3.05, 3.63) is 58.3 Å². The molecule has 5 rings (SSSR count). The first-order valence-corrected chi connectivity index (χ1v) is 16.7. The van der Waals surface area contributed by atoms with Crippen molar-refractivity contribution < 1.29 is 27.1 Å². The van der Waals surface area contributed by atoms with Crippen molar-refractivity contribution in [2.24, 2.45) is 0 Å². The predicted molar refractivity (Wildman–Crippen MR) is 141 cm³/mol. The van der Waals surface area contributed by atoms with Gasteiger partial charge < -0.3 is 0 Å². The third-order valence-corrected chi connectivity index (χ3v) is 12.6. The van der Waals surface area contributed by atoms with Gasteiger partial charge in [-0.05, 0) is 73.8 Å². The fraction of sp³-hybridized carbons (Fsp3) is 0.417. The number of rotatable bonds is 10.